The number of anilines is 1. The molecular weight excluding hydrogens is 384 g/mol. The molecule has 6 rings (SSSR count). The van der Waals surface area contributed by atoms with Crippen molar-refractivity contribution in [2.24, 2.45) is 0 Å². The molecule has 4 nitrogen and oxygen atoms in total. The van der Waals surface area contributed by atoms with Gasteiger partial charge in [-0.3, -0.25) is 4.98 Å². The third-order valence-corrected chi connectivity index (χ3v) is 6.70. The highest BCUT2D eigenvalue weighted by Crippen LogP contribution is 2.47. The third kappa shape index (κ3) is 2.94. The molecule has 1 aromatic heterocycles. The summed E-state index contributed by atoms with van der Waals surface area (Å²) >= 11 is 0. The zero-order valence-electron chi connectivity index (χ0n) is 17.5. The minimum atomic E-state index is 0.174. The van der Waals surface area contributed by atoms with E-state index in [2.05, 4.69) is 36.1 Å². The van der Waals surface area contributed by atoms with Crippen LogP contribution in [-0.4, -0.2) is 22.7 Å². The summed E-state index contributed by atoms with van der Waals surface area (Å²) in [6.45, 7) is 3.04. The van der Waals surface area contributed by atoms with Gasteiger partial charge in [0, 0.05) is 18.3 Å². The summed E-state index contributed by atoms with van der Waals surface area (Å²) in [4.78, 5) is 7.31. The van der Waals surface area contributed by atoms with Gasteiger partial charge in [0.05, 0.1) is 16.6 Å². The molecule has 4 heteroatoms. The van der Waals surface area contributed by atoms with Crippen molar-refractivity contribution >= 4 is 16.6 Å². The molecule has 31 heavy (non-hydrogen) atoms. The van der Waals surface area contributed by atoms with Crippen LogP contribution in [0.5, 0.6) is 17.2 Å². The minimum absolute atomic E-state index is 0.174. The van der Waals surface area contributed by atoms with E-state index in [1.807, 2.05) is 42.5 Å². The number of fused-ring (bicyclic) bond motifs is 4. The Morgan fingerprint density at radius 1 is 0.935 bits per heavy atom. The maximum atomic E-state index is 11.3. The number of phenols is 1. The second-order valence-electron chi connectivity index (χ2n) is 8.52. The molecule has 0 fully saturated rings. The first-order valence-electron chi connectivity index (χ1n) is 10.9. The predicted octanol–water partition coefficient (Wildman–Crippen LogP) is 5.57. The van der Waals surface area contributed by atoms with E-state index in [-0.39, 0.29) is 5.75 Å². The van der Waals surface area contributed by atoms with E-state index >= 15 is 0 Å². The van der Waals surface area contributed by atoms with Gasteiger partial charge < -0.3 is 14.7 Å². The molecule has 154 valence electrons. The Hall–Kier alpha value is -3.53. The Balaban J connectivity index is 1.46. The number of benzene rings is 3. The number of pyridine rings is 1. The van der Waals surface area contributed by atoms with Crippen molar-refractivity contribution in [1.29, 1.82) is 0 Å². The molecule has 0 amide bonds. The van der Waals surface area contributed by atoms with Gasteiger partial charge in [-0.1, -0.05) is 42.5 Å². The Labute approximate surface area is 181 Å². The molecule has 0 atom stereocenters. The molecule has 0 unspecified atom stereocenters. The molecule has 1 aliphatic carbocycles. The highest BCUT2D eigenvalue weighted by Gasteiger charge is 2.34. The van der Waals surface area contributed by atoms with Gasteiger partial charge in [0.2, 0.25) is 0 Å². The van der Waals surface area contributed by atoms with Gasteiger partial charge in [0.25, 0.3) is 0 Å². The molecule has 0 saturated carbocycles. The molecule has 2 heterocycles. The summed E-state index contributed by atoms with van der Waals surface area (Å²) in [6.07, 6.45) is 3.04. The molecule has 3 aromatic carbocycles. The topological polar surface area (TPSA) is 45.6 Å². The van der Waals surface area contributed by atoms with Crippen LogP contribution in [0.2, 0.25) is 0 Å². The van der Waals surface area contributed by atoms with Crippen LogP contribution >= 0.6 is 0 Å². The Bertz CT molecular complexity index is 1270. The zero-order valence-corrected chi connectivity index (χ0v) is 17.5. The number of rotatable bonds is 3. The van der Waals surface area contributed by atoms with Crippen LogP contribution in [-0.2, 0) is 19.3 Å². The normalized spacial score (nSPS) is 15.3. The molecule has 1 N–H and O–H groups in total. The molecule has 0 spiro atoms. The fourth-order valence-electron chi connectivity index (χ4n) is 5.24. The lowest BCUT2D eigenvalue weighted by molar-refractivity contribution is 0.415. The van der Waals surface area contributed by atoms with Crippen LogP contribution < -0.4 is 9.64 Å². The van der Waals surface area contributed by atoms with Gasteiger partial charge in [-0.25, -0.2) is 0 Å². The first kappa shape index (κ1) is 18.3. The number of ether oxygens (including phenoxy) is 1. The fourth-order valence-corrected chi connectivity index (χ4v) is 5.24. The summed E-state index contributed by atoms with van der Waals surface area (Å²) in [5.74, 6) is 1.34. The van der Waals surface area contributed by atoms with Crippen LogP contribution in [0.3, 0.4) is 0 Å². The van der Waals surface area contributed by atoms with Gasteiger partial charge >= 0.3 is 0 Å². The lowest BCUT2D eigenvalue weighted by atomic mass is 10.0. The monoisotopic (exact) mass is 408 g/mol. The number of hydrogen-bond donors (Lipinski definition) is 1. The quantitative estimate of drug-likeness (QED) is 0.481. The Morgan fingerprint density at radius 2 is 1.65 bits per heavy atom. The van der Waals surface area contributed by atoms with E-state index in [0.717, 1.165) is 48.1 Å². The SMILES string of the molecule is Cc1nc2ccc(Oc3ccccc3)c(O)c2c2c1CCN2C1Cc2ccccc2C1. The first-order chi connectivity index (χ1) is 15.2. The second-order valence-corrected chi connectivity index (χ2v) is 8.52. The maximum absolute atomic E-state index is 11.3. The number of hydrogen-bond acceptors (Lipinski definition) is 4. The van der Waals surface area contributed by atoms with Gasteiger partial charge in [-0.05, 0) is 67.1 Å². The number of para-hydroxylation sites is 1. The molecule has 0 saturated heterocycles. The van der Waals surface area contributed by atoms with E-state index in [9.17, 15) is 5.11 Å². The summed E-state index contributed by atoms with van der Waals surface area (Å²) < 4.78 is 6.02. The average Bonchev–Trinajstić information content (AvgIpc) is 3.41. The van der Waals surface area contributed by atoms with Gasteiger partial charge in [0.15, 0.2) is 11.5 Å². The Kier molecular flexibility index (Phi) is 4.13. The number of aromatic nitrogens is 1. The highest BCUT2D eigenvalue weighted by atomic mass is 16.5. The summed E-state index contributed by atoms with van der Waals surface area (Å²) in [6, 6.07) is 22.5. The predicted molar refractivity (Wildman–Crippen MR) is 123 cm³/mol. The largest absolute Gasteiger partial charge is 0.504 e. The van der Waals surface area contributed by atoms with E-state index in [1.54, 1.807) is 0 Å². The van der Waals surface area contributed by atoms with E-state index in [0.29, 0.717) is 17.5 Å². The molecule has 4 aromatic rings. The Morgan fingerprint density at radius 3 is 2.39 bits per heavy atom. The maximum Gasteiger partial charge on any atom is 0.170 e. The number of phenolic OH excluding ortho intramolecular Hbond substituents is 1. The van der Waals surface area contributed by atoms with Crippen molar-refractivity contribution in [1.82, 2.24) is 4.98 Å². The van der Waals surface area contributed by atoms with Crippen LogP contribution in [0.1, 0.15) is 22.4 Å². The van der Waals surface area contributed by atoms with Crippen molar-refractivity contribution < 1.29 is 9.84 Å². The van der Waals surface area contributed by atoms with Gasteiger partial charge in [-0.15, -0.1) is 0 Å². The summed E-state index contributed by atoms with van der Waals surface area (Å²) in [5, 5.41) is 12.1. The molecule has 2 aliphatic rings. The van der Waals surface area contributed by atoms with Crippen molar-refractivity contribution in [2.75, 3.05) is 11.4 Å². The third-order valence-electron chi connectivity index (χ3n) is 6.70. The van der Waals surface area contributed by atoms with Crippen molar-refractivity contribution in [3.63, 3.8) is 0 Å². The van der Waals surface area contributed by atoms with Crippen LogP contribution in [0.15, 0.2) is 66.7 Å². The van der Waals surface area contributed by atoms with Gasteiger partial charge in [-0.2, -0.15) is 0 Å². The molecular formula is C27H24N2O2. The fraction of sp³-hybridized carbons (Fsp3) is 0.222. The molecule has 1 aliphatic heterocycles. The first-order valence-corrected chi connectivity index (χ1v) is 10.9. The highest BCUT2D eigenvalue weighted by molar-refractivity contribution is 6.01. The average molecular weight is 409 g/mol. The number of aryl methyl sites for hydroxylation is 1. The minimum Gasteiger partial charge on any atom is -0.504 e. The summed E-state index contributed by atoms with van der Waals surface area (Å²) in [5.41, 5.74) is 7.13. The lowest BCUT2D eigenvalue weighted by Crippen LogP contribution is -2.34. The van der Waals surface area contributed by atoms with E-state index < -0.39 is 0 Å². The van der Waals surface area contributed by atoms with Crippen LogP contribution in [0.4, 0.5) is 5.69 Å². The van der Waals surface area contributed by atoms with E-state index in [1.165, 1.54) is 16.7 Å². The second kappa shape index (κ2) is 7.02. The van der Waals surface area contributed by atoms with Crippen LogP contribution in [0, 0.1) is 6.92 Å². The van der Waals surface area contributed by atoms with Crippen molar-refractivity contribution in [3.05, 3.63) is 89.1 Å². The standard InChI is InChI=1S/C27H24N2O2/c1-17-22-13-14-29(20-15-18-7-5-6-8-19(18)16-20)26(22)25-23(28-17)11-12-24(27(25)30)31-21-9-3-2-4-10-21/h2-12,20,30H,13-16H2,1H3. The smallest absolute Gasteiger partial charge is 0.170 e. The zero-order chi connectivity index (χ0) is 20.9. The number of nitrogens with zero attached hydrogens (tertiary/aromatic N) is 2. The number of aromatic hydroxyl groups is 1. The van der Waals surface area contributed by atoms with Crippen molar-refractivity contribution in [2.45, 2.75) is 32.2 Å². The molecule has 0 bridgehead atoms. The molecule has 0 radical (unpaired) electrons. The summed E-state index contributed by atoms with van der Waals surface area (Å²) in [7, 11) is 0. The van der Waals surface area contributed by atoms with E-state index in [4.69, 9.17) is 9.72 Å². The van der Waals surface area contributed by atoms with Crippen molar-refractivity contribution in [3.8, 4) is 17.2 Å². The lowest BCUT2D eigenvalue weighted by Gasteiger charge is -2.28. The van der Waals surface area contributed by atoms with Gasteiger partial charge in [0.1, 0.15) is 5.75 Å². The van der Waals surface area contributed by atoms with Crippen LogP contribution in [0.25, 0.3) is 10.9 Å².